The number of rotatable bonds is 3. The van der Waals surface area contributed by atoms with Crippen molar-refractivity contribution in [1.29, 1.82) is 0 Å². The first-order chi connectivity index (χ1) is 8.31. The molecule has 0 fully saturated rings. The Kier molecular flexibility index (Phi) is 4.92. The van der Waals surface area contributed by atoms with Crippen LogP contribution in [-0.4, -0.2) is 16.7 Å². The molecule has 1 nitrogen and oxygen atoms in total. The minimum Gasteiger partial charge on any atom is -0.254 e. The van der Waals surface area contributed by atoms with E-state index in [1.54, 1.807) is 0 Å². The first-order valence-corrected chi connectivity index (χ1v) is 7.20. The molecular formula is C10H7F5OS2. The Hall–Kier alpha value is -0.890. The first-order valence-electron chi connectivity index (χ1n) is 4.41. The zero-order valence-corrected chi connectivity index (χ0v) is 10.8. The highest BCUT2D eigenvalue weighted by atomic mass is 32.2. The molecule has 0 aliphatic heterocycles. The van der Waals surface area contributed by atoms with Crippen LogP contribution in [-0.2, 0) is 10.8 Å². The van der Waals surface area contributed by atoms with Crippen molar-refractivity contribution in [1.82, 2.24) is 0 Å². The third kappa shape index (κ3) is 2.74. The Morgan fingerprint density at radius 2 is 1.39 bits per heavy atom. The van der Waals surface area contributed by atoms with Gasteiger partial charge in [-0.25, -0.2) is 22.0 Å². The highest BCUT2D eigenvalue weighted by molar-refractivity contribution is 8.16. The van der Waals surface area contributed by atoms with Gasteiger partial charge in [0.05, 0.1) is 20.6 Å². The van der Waals surface area contributed by atoms with Crippen LogP contribution in [0.15, 0.2) is 4.24 Å². The number of thioether (sulfide) groups is 1. The molecule has 0 radical (unpaired) electrons. The van der Waals surface area contributed by atoms with E-state index in [2.05, 4.69) is 0 Å². The summed E-state index contributed by atoms with van der Waals surface area (Å²) in [5.41, 5.74) is -1.09. The fourth-order valence-corrected chi connectivity index (χ4v) is 2.58. The fourth-order valence-electron chi connectivity index (χ4n) is 1.13. The molecule has 0 saturated carbocycles. The first kappa shape index (κ1) is 15.2. The van der Waals surface area contributed by atoms with E-state index in [9.17, 15) is 26.2 Å². The molecule has 0 N–H and O–H groups in total. The molecule has 0 aliphatic rings. The molecule has 1 aromatic carbocycles. The molecule has 0 bridgehead atoms. The van der Waals surface area contributed by atoms with Crippen LogP contribution in [0.5, 0.6) is 0 Å². The molecule has 0 aromatic heterocycles. The summed E-state index contributed by atoms with van der Waals surface area (Å²) < 4.78 is 76.3. The van der Waals surface area contributed by atoms with E-state index in [0.717, 1.165) is 11.8 Å². The minimum absolute atomic E-state index is 0.00166. The SMILES string of the molecule is CS/C(=C\c1c(F)c(F)c(F)c(F)c1F)S(C)=O. The van der Waals surface area contributed by atoms with Crippen LogP contribution in [0.2, 0.25) is 0 Å². The quantitative estimate of drug-likeness (QED) is 0.483. The molecule has 0 saturated heterocycles. The molecule has 1 atom stereocenters. The van der Waals surface area contributed by atoms with E-state index in [-0.39, 0.29) is 4.24 Å². The maximum Gasteiger partial charge on any atom is 0.200 e. The number of hydrogen-bond acceptors (Lipinski definition) is 2. The zero-order chi connectivity index (χ0) is 14.0. The molecule has 0 amide bonds. The van der Waals surface area contributed by atoms with Crippen LogP contribution >= 0.6 is 11.8 Å². The van der Waals surface area contributed by atoms with E-state index in [1.807, 2.05) is 0 Å². The fraction of sp³-hybridized carbons (Fsp3) is 0.200. The molecule has 100 valence electrons. The summed E-state index contributed by atoms with van der Waals surface area (Å²) in [6.07, 6.45) is 3.39. The Bertz CT molecular complexity index is 513. The van der Waals surface area contributed by atoms with Crippen molar-refractivity contribution in [2.24, 2.45) is 0 Å². The number of benzene rings is 1. The van der Waals surface area contributed by atoms with Gasteiger partial charge in [-0.1, -0.05) is 0 Å². The van der Waals surface area contributed by atoms with Crippen LogP contribution in [0.1, 0.15) is 5.56 Å². The normalized spacial score (nSPS) is 13.8. The highest BCUT2D eigenvalue weighted by Gasteiger charge is 2.25. The second-order valence-electron chi connectivity index (χ2n) is 3.11. The molecule has 0 heterocycles. The average molecular weight is 302 g/mol. The predicted molar refractivity (Wildman–Crippen MR) is 61.8 cm³/mol. The standard InChI is InChI=1S/C10H7F5OS2/c1-17-5(18(2)16)3-4-6(11)8(13)10(15)9(14)7(4)12/h3H,1-2H3/b5-3+. The van der Waals surface area contributed by atoms with Gasteiger partial charge in [0, 0.05) is 6.26 Å². The number of halogens is 5. The van der Waals surface area contributed by atoms with Gasteiger partial charge in [0.15, 0.2) is 23.3 Å². The van der Waals surface area contributed by atoms with Gasteiger partial charge in [0.1, 0.15) is 0 Å². The number of hydrogen-bond donors (Lipinski definition) is 0. The monoisotopic (exact) mass is 302 g/mol. The van der Waals surface area contributed by atoms with Crippen LogP contribution in [0.3, 0.4) is 0 Å². The lowest BCUT2D eigenvalue weighted by Gasteiger charge is -2.06. The van der Waals surface area contributed by atoms with Gasteiger partial charge in [0.25, 0.3) is 0 Å². The molecule has 18 heavy (non-hydrogen) atoms. The van der Waals surface area contributed by atoms with Crippen molar-refractivity contribution in [2.45, 2.75) is 0 Å². The van der Waals surface area contributed by atoms with Crippen LogP contribution < -0.4 is 0 Å². The smallest absolute Gasteiger partial charge is 0.200 e. The van der Waals surface area contributed by atoms with Crippen molar-refractivity contribution >= 4 is 28.6 Å². The highest BCUT2D eigenvalue weighted by Crippen LogP contribution is 2.27. The van der Waals surface area contributed by atoms with E-state index >= 15 is 0 Å². The molecule has 1 aromatic rings. The maximum atomic E-state index is 13.3. The topological polar surface area (TPSA) is 17.1 Å². The largest absolute Gasteiger partial charge is 0.254 e. The summed E-state index contributed by atoms with van der Waals surface area (Å²) in [4.78, 5) is 0. The van der Waals surface area contributed by atoms with E-state index < -0.39 is 45.4 Å². The Labute approximate surface area is 107 Å². The lowest BCUT2D eigenvalue weighted by Crippen LogP contribution is -2.04. The summed E-state index contributed by atoms with van der Waals surface area (Å²) >= 11 is 0.895. The van der Waals surface area contributed by atoms with Crippen molar-refractivity contribution < 1.29 is 26.2 Å². The van der Waals surface area contributed by atoms with Gasteiger partial charge < -0.3 is 0 Å². The molecule has 0 aliphatic carbocycles. The van der Waals surface area contributed by atoms with Crippen molar-refractivity contribution in [3.63, 3.8) is 0 Å². The Balaban J connectivity index is 3.56. The lowest BCUT2D eigenvalue weighted by molar-refractivity contribution is 0.377. The van der Waals surface area contributed by atoms with E-state index in [1.165, 1.54) is 12.5 Å². The second-order valence-corrected chi connectivity index (χ2v) is 5.56. The third-order valence-corrected chi connectivity index (χ3v) is 4.40. The third-order valence-electron chi connectivity index (χ3n) is 1.99. The van der Waals surface area contributed by atoms with Gasteiger partial charge in [-0.2, -0.15) is 0 Å². The maximum absolute atomic E-state index is 13.3. The van der Waals surface area contributed by atoms with Crippen molar-refractivity contribution in [2.75, 3.05) is 12.5 Å². The minimum atomic E-state index is -2.22. The average Bonchev–Trinajstić information content (AvgIpc) is 2.34. The van der Waals surface area contributed by atoms with Crippen molar-refractivity contribution in [3.8, 4) is 0 Å². The molecular weight excluding hydrogens is 295 g/mol. The molecule has 8 heteroatoms. The molecule has 1 rings (SSSR count). The Morgan fingerprint density at radius 1 is 1.00 bits per heavy atom. The van der Waals surface area contributed by atoms with Crippen LogP contribution in [0.4, 0.5) is 22.0 Å². The van der Waals surface area contributed by atoms with Crippen LogP contribution in [0, 0.1) is 29.1 Å². The zero-order valence-electron chi connectivity index (χ0n) is 9.19. The van der Waals surface area contributed by atoms with Gasteiger partial charge in [0.2, 0.25) is 5.82 Å². The summed E-state index contributed by atoms with van der Waals surface area (Å²) in [5.74, 6) is -10.2. The van der Waals surface area contributed by atoms with E-state index in [4.69, 9.17) is 0 Å². The molecule has 1 unspecified atom stereocenters. The van der Waals surface area contributed by atoms with Gasteiger partial charge in [-0.05, 0) is 12.3 Å². The summed E-state index contributed by atoms with van der Waals surface area (Å²) in [6.45, 7) is 0. The Morgan fingerprint density at radius 3 is 1.72 bits per heavy atom. The van der Waals surface area contributed by atoms with Gasteiger partial charge >= 0.3 is 0 Å². The molecule has 0 spiro atoms. The summed E-state index contributed by atoms with van der Waals surface area (Å²) in [5, 5.41) is 0. The lowest BCUT2D eigenvalue weighted by atomic mass is 10.1. The predicted octanol–water partition coefficient (Wildman–Crippen LogP) is 3.42. The van der Waals surface area contributed by atoms with E-state index in [0.29, 0.717) is 6.08 Å². The summed E-state index contributed by atoms with van der Waals surface area (Å²) in [6, 6.07) is 0. The second kappa shape index (κ2) is 5.83. The van der Waals surface area contributed by atoms with Gasteiger partial charge in [-0.3, -0.25) is 4.21 Å². The van der Waals surface area contributed by atoms with Gasteiger partial charge in [-0.15, -0.1) is 11.8 Å². The summed E-state index contributed by atoms with van der Waals surface area (Å²) in [7, 11) is -1.59. The van der Waals surface area contributed by atoms with Crippen LogP contribution in [0.25, 0.3) is 6.08 Å². The van der Waals surface area contributed by atoms with Crippen molar-refractivity contribution in [3.05, 3.63) is 38.9 Å².